The number of amides is 1. The van der Waals surface area contributed by atoms with E-state index in [9.17, 15) is 9.18 Å². The standard InChI is InChI=1S/C34H42FN3O2/c1-5-37(6-2)21-9-10-25(3)36-34(39)22-31(27-15-19-29(40-4)20-16-27)32-24-38(33-12-8-7-11-30(32)33)23-26-13-17-28(35)18-14-26/h7-8,11-20,24-25,31H,5-6,9-10,21-23H2,1-4H3,(H,36,39)/t25-,31-/m0/s1. The lowest BCUT2D eigenvalue weighted by molar-refractivity contribution is -0.121. The van der Waals surface area contributed by atoms with Crippen LogP contribution in [0.5, 0.6) is 5.75 Å². The van der Waals surface area contributed by atoms with Crippen LogP contribution < -0.4 is 10.1 Å². The van der Waals surface area contributed by atoms with Gasteiger partial charge in [-0.3, -0.25) is 4.79 Å². The van der Waals surface area contributed by atoms with Crippen molar-refractivity contribution in [2.75, 3.05) is 26.7 Å². The molecule has 1 aromatic heterocycles. The molecular weight excluding hydrogens is 501 g/mol. The van der Waals surface area contributed by atoms with Crippen molar-refractivity contribution in [3.05, 3.63) is 102 Å². The number of methoxy groups -OCH3 is 1. The van der Waals surface area contributed by atoms with Gasteiger partial charge in [-0.05, 0) is 86.4 Å². The summed E-state index contributed by atoms with van der Waals surface area (Å²) in [6.07, 6.45) is 4.51. The molecular formula is C34H42FN3O2. The highest BCUT2D eigenvalue weighted by Gasteiger charge is 2.24. The molecule has 0 saturated heterocycles. The van der Waals surface area contributed by atoms with E-state index in [-0.39, 0.29) is 23.7 Å². The molecule has 0 spiro atoms. The van der Waals surface area contributed by atoms with Crippen molar-refractivity contribution in [1.29, 1.82) is 0 Å². The first-order valence-corrected chi connectivity index (χ1v) is 14.4. The third-order valence-corrected chi connectivity index (χ3v) is 7.78. The molecule has 0 saturated carbocycles. The maximum atomic E-state index is 13.5. The molecule has 5 nitrogen and oxygen atoms in total. The number of carbonyl (C=O) groups excluding carboxylic acids is 1. The van der Waals surface area contributed by atoms with E-state index in [4.69, 9.17) is 4.74 Å². The fraction of sp³-hybridized carbons (Fsp3) is 0.382. The van der Waals surface area contributed by atoms with Gasteiger partial charge in [0.25, 0.3) is 0 Å². The Morgan fingerprint density at radius 1 is 1.00 bits per heavy atom. The number of benzene rings is 3. The van der Waals surface area contributed by atoms with Crippen LogP contribution in [0, 0.1) is 5.82 Å². The number of hydrogen-bond acceptors (Lipinski definition) is 3. The third-order valence-electron chi connectivity index (χ3n) is 7.78. The second-order valence-electron chi connectivity index (χ2n) is 10.5. The third kappa shape index (κ3) is 7.51. The molecule has 212 valence electrons. The highest BCUT2D eigenvalue weighted by atomic mass is 19.1. The number of halogens is 1. The van der Waals surface area contributed by atoms with Gasteiger partial charge in [-0.1, -0.05) is 56.3 Å². The van der Waals surface area contributed by atoms with Gasteiger partial charge in [0, 0.05) is 42.0 Å². The van der Waals surface area contributed by atoms with Crippen LogP contribution in [-0.2, 0) is 11.3 Å². The van der Waals surface area contributed by atoms with Gasteiger partial charge in [-0.2, -0.15) is 0 Å². The largest absolute Gasteiger partial charge is 0.497 e. The molecule has 6 heteroatoms. The van der Waals surface area contributed by atoms with Gasteiger partial charge in [-0.25, -0.2) is 4.39 Å². The summed E-state index contributed by atoms with van der Waals surface area (Å²) >= 11 is 0. The van der Waals surface area contributed by atoms with Crippen LogP contribution in [0.3, 0.4) is 0 Å². The second-order valence-corrected chi connectivity index (χ2v) is 10.5. The summed E-state index contributed by atoms with van der Waals surface area (Å²) in [6.45, 7) is 10.2. The summed E-state index contributed by atoms with van der Waals surface area (Å²) in [6, 6.07) is 23.0. The number of rotatable bonds is 14. The van der Waals surface area contributed by atoms with E-state index in [1.165, 1.54) is 12.1 Å². The molecule has 4 rings (SSSR count). The number of para-hydroxylation sites is 1. The molecule has 1 N–H and O–H groups in total. The predicted molar refractivity (Wildman–Crippen MR) is 162 cm³/mol. The van der Waals surface area contributed by atoms with Gasteiger partial charge in [0.05, 0.1) is 7.11 Å². The maximum Gasteiger partial charge on any atom is 0.221 e. The van der Waals surface area contributed by atoms with E-state index >= 15 is 0 Å². The van der Waals surface area contributed by atoms with Gasteiger partial charge in [0.15, 0.2) is 0 Å². The van der Waals surface area contributed by atoms with E-state index in [0.717, 1.165) is 65.8 Å². The average Bonchev–Trinajstić information content (AvgIpc) is 3.33. The minimum atomic E-state index is -0.241. The zero-order valence-corrected chi connectivity index (χ0v) is 24.2. The van der Waals surface area contributed by atoms with Gasteiger partial charge in [-0.15, -0.1) is 0 Å². The number of aromatic nitrogens is 1. The normalized spacial score (nSPS) is 12.9. The number of nitrogens with zero attached hydrogens (tertiary/aromatic N) is 2. The maximum absolute atomic E-state index is 13.5. The summed E-state index contributed by atoms with van der Waals surface area (Å²) in [7, 11) is 1.66. The van der Waals surface area contributed by atoms with Crippen LogP contribution in [0.15, 0.2) is 79.0 Å². The number of ether oxygens (including phenoxy) is 1. The quantitative estimate of drug-likeness (QED) is 0.187. The lowest BCUT2D eigenvalue weighted by Crippen LogP contribution is -2.34. The molecule has 4 aromatic rings. The van der Waals surface area contributed by atoms with E-state index in [2.05, 4.69) is 66.0 Å². The van der Waals surface area contributed by atoms with Gasteiger partial charge in [0.2, 0.25) is 5.91 Å². The zero-order valence-electron chi connectivity index (χ0n) is 24.2. The molecule has 0 unspecified atom stereocenters. The molecule has 1 amide bonds. The first kappa shape index (κ1) is 29.3. The van der Waals surface area contributed by atoms with Crippen LogP contribution in [-0.4, -0.2) is 48.2 Å². The van der Waals surface area contributed by atoms with Crippen molar-refractivity contribution in [3.8, 4) is 5.75 Å². The van der Waals surface area contributed by atoms with Crippen molar-refractivity contribution in [2.45, 2.75) is 58.5 Å². The SMILES string of the molecule is CCN(CC)CCC[C@H](C)NC(=O)C[C@@H](c1ccc(OC)cc1)c1cn(Cc2ccc(F)cc2)c2ccccc12. The summed E-state index contributed by atoms with van der Waals surface area (Å²) in [5.41, 5.74) is 4.28. The Hall–Kier alpha value is -3.64. The molecule has 1 heterocycles. The number of nitrogens with one attached hydrogen (secondary N) is 1. The molecule has 0 aliphatic carbocycles. The monoisotopic (exact) mass is 543 g/mol. The molecule has 0 aliphatic rings. The molecule has 0 fully saturated rings. The van der Waals surface area contributed by atoms with Gasteiger partial charge in [0.1, 0.15) is 11.6 Å². The average molecular weight is 544 g/mol. The Balaban J connectivity index is 1.59. The molecule has 0 bridgehead atoms. The highest BCUT2D eigenvalue weighted by molar-refractivity contribution is 5.87. The Bertz CT molecular complexity index is 1360. The van der Waals surface area contributed by atoms with Crippen LogP contribution in [0.4, 0.5) is 4.39 Å². The lowest BCUT2D eigenvalue weighted by atomic mass is 9.88. The smallest absolute Gasteiger partial charge is 0.221 e. The van der Waals surface area contributed by atoms with E-state index in [0.29, 0.717) is 13.0 Å². The zero-order chi connectivity index (χ0) is 28.5. The summed E-state index contributed by atoms with van der Waals surface area (Å²) < 4.78 is 21.1. The second kappa shape index (κ2) is 14.1. The Morgan fingerprint density at radius 2 is 1.70 bits per heavy atom. The van der Waals surface area contributed by atoms with Crippen LogP contribution in [0.2, 0.25) is 0 Å². The topological polar surface area (TPSA) is 46.5 Å². The van der Waals surface area contributed by atoms with Gasteiger partial charge < -0.3 is 19.5 Å². The van der Waals surface area contributed by atoms with Crippen LogP contribution >= 0.6 is 0 Å². The molecule has 40 heavy (non-hydrogen) atoms. The molecule has 0 radical (unpaired) electrons. The fourth-order valence-electron chi connectivity index (χ4n) is 5.47. The Labute approximate surface area is 238 Å². The summed E-state index contributed by atoms with van der Waals surface area (Å²) in [5, 5.41) is 4.37. The Kier molecular flexibility index (Phi) is 10.4. The fourth-order valence-corrected chi connectivity index (χ4v) is 5.47. The van der Waals surface area contributed by atoms with Crippen molar-refractivity contribution < 1.29 is 13.9 Å². The number of fused-ring (bicyclic) bond motifs is 1. The minimum Gasteiger partial charge on any atom is -0.497 e. The first-order chi connectivity index (χ1) is 19.4. The molecule has 0 aliphatic heterocycles. The molecule has 3 aromatic carbocycles. The van der Waals surface area contributed by atoms with Crippen molar-refractivity contribution in [1.82, 2.24) is 14.8 Å². The highest BCUT2D eigenvalue weighted by Crippen LogP contribution is 2.36. The van der Waals surface area contributed by atoms with Crippen LogP contribution in [0.25, 0.3) is 10.9 Å². The molecule has 2 atom stereocenters. The van der Waals surface area contributed by atoms with E-state index in [1.807, 2.05) is 36.4 Å². The minimum absolute atomic E-state index is 0.0477. The first-order valence-electron chi connectivity index (χ1n) is 14.4. The van der Waals surface area contributed by atoms with Crippen molar-refractivity contribution in [2.24, 2.45) is 0 Å². The summed E-state index contributed by atoms with van der Waals surface area (Å²) in [4.78, 5) is 15.8. The number of carbonyl (C=O) groups is 1. The van der Waals surface area contributed by atoms with Gasteiger partial charge >= 0.3 is 0 Å². The number of hydrogen-bond donors (Lipinski definition) is 1. The van der Waals surface area contributed by atoms with Crippen LogP contribution in [0.1, 0.15) is 62.6 Å². The summed E-state index contributed by atoms with van der Waals surface area (Å²) in [5.74, 6) is 0.460. The van der Waals surface area contributed by atoms with Crippen molar-refractivity contribution >= 4 is 16.8 Å². The lowest BCUT2D eigenvalue weighted by Gasteiger charge is -2.21. The predicted octanol–water partition coefficient (Wildman–Crippen LogP) is 6.99. The Morgan fingerprint density at radius 3 is 2.38 bits per heavy atom. The van der Waals surface area contributed by atoms with Crippen molar-refractivity contribution in [3.63, 3.8) is 0 Å². The van der Waals surface area contributed by atoms with E-state index in [1.54, 1.807) is 7.11 Å². The van der Waals surface area contributed by atoms with E-state index < -0.39 is 0 Å².